The highest BCUT2D eigenvalue weighted by Crippen LogP contribution is 2.26. The molecule has 0 aliphatic heterocycles. The first-order valence-electron chi connectivity index (χ1n) is 7.01. The fraction of sp³-hybridized carbons (Fsp3) is 0. The van der Waals surface area contributed by atoms with Crippen molar-refractivity contribution in [3.8, 4) is 0 Å². The number of nitrogens with zero attached hydrogens (tertiary/aromatic N) is 4. The minimum absolute atomic E-state index is 0.0763. The van der Waals surface area contributed by atoms with Crippen molar-refractivity contribution in [2.75, 3.05) is 5.32 Å². The van der Waals surface area contributed by atoms with Gasteiger partial charge in [0.25, 0.3) is 0 Å². The molecule has 4 rings (SSSR count). The van der Waals surface area contributed by atoms with Gasteiger partial charge in [0.1, 0.15) is 5.82 Å². The van der Waals surface area contributed by atoms with Crippen molar-refractivity contribution in [1.82, 2.24) is 19.6 Å². The Morgan fingerprint density at radius 1 is 1.25 bits per heavy atom. The van der Waals surface area contributed by atoms with Gasteiger partial charge in [-0.3, -0.25) is 4.98 Å². The molecule has 0 aliphatic rings. The van der Waals surface area contributed by atoms with Gasteiger partial charge in [0.05, 0.1) is 11.7 Å². The Kier molecular flexibility index (Phi) is 3.28. The van der Waals surface area contributed by atoms with Gasteiger partial charge in [0.2, 0.25) is 0 Å². The number of nitrogens with one attached hydrogen (secondary N) is 1. The number of carbonyl (C=O) groups is 1. The normalized spacial score (nSPS) is 11.0. The Morgan fingerprint density at radius 2 is 2.12 bits per heavy atom. The summed E-state index contributed by atoms with van der Waals surface area (Å²) in [6.07, 6.45) is 3.26. The molecule has 2 N–H and O–H groups in total. The predicted octanol–water partition coefficient (Wildman–Crippen LogP) is 3.37. The molecule has 0 saturated heterocycles. The molecule has 118 valence electrons. The van der Waals surface area contributed by atoms with Gasteiger partial charge in [-0.2, -0.15) is 5.10 Å². The summed E-state index contributed by atoms with van der Waals surface area (Å²) in [5, 5.41) is 17.8. The number of halogens is 1. The zero-order valence-corrected chi connectivity index (χ0v) is 12.9. The number of aromatic nitrogens is 4. The largest absolute Gasteiger partial charge is 0.476 e. The molecule has 0 radical (unpaired) electrons. The quantitative estimate of drug-likeness (QED) is 0.594. The summed E-state index contributed by atoms with van der Waals surface area (Å²) in [6.45, 7) is 0. The fourth-order valence-corrected chi connectivity index (χ4v) is 2.65. The number of hydrogen-bond acceptors (Lipinski definition) is 5. The highest BCUT2D eigenvalue weighted by atomic mass is 35.5. The van der Waals surface area contributed by atoms with Gasteiger partial charge in [-0.1, -0.05) is 17.7 Å². The Balaban J connectivity index is 1.94. The topological polar surface area (TPSA) is 92.4 Å². The van der Waals surface area contributed by atoms with Gasteiger partial charge in [-0.05, 0) is 24.3 Å². The molecule has 8 heteroatoms. The molecular weight excluding hydrogens is 330 g/mol. The van der Waals surface area contributed by atoms with Crippen LogP contribution in [0, 0.1) is 0 Å². The zero-order chi connectivity index (χ0) is 16.7. The second-order valence-electron chi connectivity index (χ2n) is 5.09. The molecule has 0 atom stereocenters. The summed E-state index contributed by atoms with van der Waals surface area (Å²) in [5.74, 6) is -0.541. The molecule has 0 aliphatic carbocycles. The fourth-order valence-electron chi connectivity index (χ4n) is 2.46. The third kappa shape index (κ3) is 2.40. The summed E-state index contributed by atoms with van der Waals surface area (Å²) in [7, 11) is 0. The van der Waals surface area contributed by atoms with Gasteiger partial charge < -0.3 is 10.4 Å². The van der Waals surface area contributed by atoms with Gasteiger partial charge in [-0.15, -0.1) is 0 Å². The van der Waals surface area contributed by atoms with Crippen LogP contribution in [0.2, 0.25) is 5.02 Å². The first kappa shape index (κ1) is 14.4. The molecule has 3 aromatic heterocycles. The number of fused-ring (bicyclic) bond motifs is 3. The SMILES string of the molecule is O=C(O)c1cc2nc(Nc3cccc(Cl)c3)c3ccncc3n2n1. The number of rotatable bonds is 3. The van der Waals surface area contributed by atoms with E-state index in [9.17, 15) is 4.79 Å². The number of carboxylic acid groups (broad SMARTS) is 1. The van der Waals surface area contributed by atoms with Crippen molar-refractivity contribution in [2.24, 2.45) is 0 Å². The summed E-state index contributed by atoms with van der Waals surface area (Å²) < 4.78 is 1.47. The standard InChI is InChI=1S/C16H10ClN5O2/c17-9-2-1-3-10(6-9)19-15-11-4-5-18-8-13(11)22-14(20-15)7-12(21-22)16(23)24/h1-8H,(H,19,20)(H,23,24). The smallest absolute Gasteiger partial charge is 0.356 e. The van der Waals surface area contributed by atoms with Crippen LogP contribution in [-0.2, 0) is 0 Å². The van der Waals surface area contributed by atoms with Crippen LogP contribution in [0.1, 0.15) is 10.5 Å². The van der Waals surface area contributed by atoms with Crippen molar-refractivity contribution >= 4 is 45.6 Å². The molecule has 0 bridgehead atoms. The van der Waals surface area contributed by atoms with Crippen LogP contribution >= 0.6 is 11.6 Å². The maximum Gasteiger partial charge on any atom is 0.356 e. The maximum atomic E-state index is 11.2. The van der Waals surface area contributed by atoms with E-state index >= 15 is 0 Å². The van der Waals surface area contributed by atoms with Gasteiger partial charge in [0.15, 0.2) is 11.3 Å². The van der Waals surface area contributed by atoms with E-state index in [0.717, 1.165) is 11.1 Å². The summed E-state index contributed by atoms with van der Waals surface area (Å²) in [5.41, 5.74) is 1.76. The Labute approximate surface area is 140 Å². The van der Waals surface area contributed by atoms with E-state index in [4.69, 9.17) is 16.7 Å². The molecule has 0 unspecified atom stereocenters. The Morgan fingerprint density at radius 3 is 2.92 bits per heavy atom. The molecule has 4 aromatic rings. The number of pyridine rings is 1. The highest BCUT2D eigenvalue weighted by Gasteiger charge is 2.14. The minimum atomic E-state index is -1.11. The van der Waals surface area contributed by atoms with E-state index in [0.29, 0.717) is 22.0 Å². The van der Waals surface area contributed by atoms with E-state index in [1.807, 2.05) is 12.1 Å². The van der Waals surface area contributed by atoms with E-state index in [-0.39, 0.29) is 5.69 Å². The second kappa shape index (κ2) is 5.47. The predicted molar refractivity (Wildman–Crippen MR) is 90.0 cm³/mol. The zero-order valence-electron chi connectivity index (χ0n) is 12.1. The van der Waals surface area contributed by atoms with Crippen LogP contribution in [0.4, 0.5) is 11.5 Å². The lowest BCUT2D eigenvalue weighted by Gasteiger charge is -2.10. The van der Waals surface area contributed by atoms with E-state index in [1.54, 1.807) is 30.6 Å². The van der Waals surface area contributed by atoms with Crippen LogP contribution in [-0.4, -0.2) is 30.7 Å². The van der Waals surface area contributed by atoms with Crippen molar-refractivity contribution in [1.29, 1.82) is 0 Å². The maximum absolute atomic E-state index is 11.2. The van der Waals surface area contributed by atoms with Crippen molar-refractivity contribution in [3.63, 3.8) is 0 Å². The number of aromatic carboxylic acids is 1. The number of hydrogen-bond donors (Lipinski definition) is 2. The molecular formula is C16H10ClN5O2. The molecule has 0 spiro atoms. The molecule has 0 amide bonds. The lowest BCUT2D eigenvalue weighted by Crippen LogP contribution is -2.01. The molecule has 0 saturated carbocycles. The molecule has 24 heavy (non-hydrogen) atoms. The van der Waals surface area contributed by atoms with Crippen LogP contribution in [0.15, 0.2) is 48.8 Å². The van der Waals surface area contributed by atoms with Crippen molar-refractivity contribution in [3.05, 3.63) is 59.5 Å². The van der Waals surface area contributed by atoms with E-state index in [1.165, 1.54) is 10.6 Å². The van der Waals surface area contributed by atoms with Crippen LogP contribution in [0.25, 0.3) is 16.6 Å². The van der Waals surface area contributed by atoms with Crippen LogP contribution in [0.5, 0.6) is 0 Å². The minimum Gasteiger partial charge on any atom is -0.476 e. The van der Waals surface area contributed by atoms with Gasteiger partial charge in [0, 0.05) is 28.4 Å². The Bertz CT molecular complexity index is 1090. The Hall–Kier alpha value is -3.19. The monoisotopic (exact) mass is 339 g/mol. The second-order valence-corrected chi connectivity index (χ2v) is 5.53. The summed E-state index contributed by atoms with van der Waals surface area (Å²) in [4.78, 5) is 19.8. The van der Waals surface area contributed by atoms with Gasteiger partial charge in [-0.25, -0.2) is 14.3 Å². The molecule has 7 nitrogen and oxygen atoms in total. The third-order valence-corrected chi connectivity index (χ3v) is 3.74. The van der Waals surface area contributed by atoms with Gasteiger partial charge >= 0.3 is 5.97 Å². The molecule has 1 aromatic carbocycles. The first-order valence-corrected chi connectivity index (χ1v) is 7.39. The van der Waals surface area contributed by atoms with Crippen LogP contribution < -0.4 is 5.32 Å². The lowest BCUT2D eigenvalue weighted by molar-refractivity contribution is 0.0690. The highest BCUT2D eigenvalue weighted by molar-refractivity contribution is 6.30. The number of carboxylic acids is 1. The summed E-state index contributed by atoms with van der Waals surface area (Å²) >= 11 is 6.01. The van der Waals surface area contributed by atoms with Crippen molar-refractivity contribution in [2.45, 2.75) is 0 Å². The van der Waals surface area contributed by atoms with Crippen molar-refractivity contribution < 1.29 is 9.90 Å². The lowest BCUT2D eigenvalue weighted by atomic mass is 10.2. The third-order valence-electron chi connectivity index (χ3n) is 3.51. The number of anilines is 2. The first-order chi connectivity index (χ1) is 11.6. The molecule has 3 heterocycles. The van der Waals surface area contributed by atoms with Crippen LogP contribution in [0.3, 0.4) is 0 Å². The van der Waals surface area contributed by atoms with E-state index in [2.05, 4.69) is 20.4 Å². The average molecular weight is 340 g/mol. The summed E-state index contributed by atoms with van der Waals surface area (Å²) in [6, 6.07) is 10.5. The van der Waals surface area contributed by atoms with E-state index < -0.39 is 5.97 Å². The molecule has 0 fully saturated rings. The number of benzene rings is 1. The average Bonchev–Trinajstić information content (AvgIpc) is 3.00.